The first kappa shape index (κ1) is 16.0. The number of pyridine rings is 1. The standard InChI is InChI=1S/C18H25N3O2/c1-12-15-8-14(11-22)20-17(15)16(10-19-12)21-6-4-13(5-7-21)9-18(2,3)23/h8,10-11,13,20,23H,4-7,9H2,1-3H3. The molecule has 124 valence electrons. The van der Waals surface area contributed by atoms with Gasteiger partial charge in [0, 0.05) is 24.2 Å². The fraction of sp³-hybridized carbons (Fsp3) is 0.556. The number of rotatable bonds is 4. The van der Waals surface area contributed by atoms with Crippen molar-refractivity contribution in [3.63, 3.8) is 0 Å². The number of aryl methyl sites for hydroxylation is 1. The summed E-state index contributed by atoms with van der Waals surface area (Å²) < 4.78 is 0. The van der Waals surface area contributed by atoms with E-state index < -0.39 is 5.60 Å². The third kappa shape index (κ3) is 3.39. The van der Waals surface area contributed by atoms with Crippen LogP contribution >= 0.6 is 0 Å². The molecule has 0 unspecified atom stereocenters. The predicted octanol–water partition coefficient (Wildman–Crippen LogP) is 3.06. The van der Waals surface area contributed by atoms with Gasteiger partial charge < -0.3 is 15.0 Å². The Balaban J connectivity index is 1.81. The van der Waals surface area contributed by atoms with E-state index in [9.17, 15) is 9.90 Å². The summed E-state index contributed by atoms with van der Waals surface area (Å²) in [4.78, 5) is 21.1. The Kier molecular flexibility index (Phi) is 4.15. The minimum atomic E-state index is -0.593. The number of carbonyl (C=O) groups excluding carboxylic acids is 1. The molecule has 0 atom stereocenters. The number of carbonyl (C=O) groups is 1. The van der Waals surface area contributed by atoms with Gasteiger partial charge in [0.15, 0.2) is 6.29 Å². The number of piperidine rings is 1. The number of fused-ring (bicyclic) bond motifs is 1. The van der Waals surface area contributed by atoms with Gasteiger partial charge in [0.05, 0.1) is 28.7 Å². The van der Waals surface area contributed by atoms with Gasteiger partial charge in [-0.1, -0.05) is 0 Å². The maximum absolute atomic E-state index is 11.1. The first-order chi connectivity index (χ1) is 10.9. The molecule has 3 heterocycles. The van der Waals surface area contributed by atoms with Crippen molar-refractivity contribution in [3.05, 3.63) is 23.7 Å². The molecular weight excluding hydrogens is 290 g/mol. The maximum atomic E-state index is 11.1. The average molecular weight is 315 g/mol. The maximum Gasteiger partial charge on any atom is 0.166 e. The first-order valence-electron chi connectivity index (χ1n) is 8.28. The van der Waals surface area contributed by atoms with E-state index in [1.54, 1.807) is 0 Å². The lowest BCUT2D eigenvalue weighted by Crippen LogP contribution is -2.36. The van der Waals surface area contributed by atoms with Gasteiger partial charge in [0.1, 0.15) is 0 Å². The van der Waals surface area contributed by atoms with Gasteiger partial charge in [-0.2, -0.15) is 0 Å². The highest BCUT2D eigenvalue weighted by Gasteiger charge is 2.26. The number of hydrogen-bond acceptors (Lipinski definition) is 4. The Bertz CT molecular complexity index is 707. The summed E-state index contributed by atoms with van der Waals surface area (Å²) >= 11 is 0. The van der Waals surface area contributed by atoms with Crippen LogP contribution in [0.15, 0.2) is 12.3 Å². The summed E-state index contributed by atoms with van der Waals surface area (Å²) in [5.41, 5.74) is 3.00. The van der Waals surface area contributed by atoms with Crippen LogP contribution in [-0.4, -0.2) is 40.1 Å². The van der Waals surface area contributed by atoms with Crippen molar-refractivity contribution in [1.82, 2.24) is 9.97 Å². The van der Waals surface area contributed by atoms with E-state index in [1.807, 2.05) is 33.0 Å². The number of aromatic nitrogens is 2. The molecule has 1 saturated heterocycles. The van der Waals surface area contributed by atoms with Crippen molar-refractivity contribution in [3.8, 4) is 0 Å². The van der Waals surface area contributed by atoms with Crippen LogP contribution in [0.3, 0.4) is 0 Å². The number of hydrogen-bond donors (Lipinski definition) is 2. The number of aldehydes is 1. The largest absolute Gasteiger partial charge is 0.390 e. The highest BCUT2D eigenvalue weighted by molar-refractivity contribution is 5.96. The van der Waals surface area contributed by atoms with Crippen LogP contribution in [0, 0.1) is 12.8 Å². The monoisotopic (exact) mass is 315 g/mol. The molecule has 0 radical (unpaired) electrons. The molecule has 23 heavy (non-hydrogen) atoms. The van der Waals surface area contributed by atoms with Crippen LogP contribution in [0.1, 0.15) is 49.3 Å². The smallest absolute Gasteiger partial charge is 0.166 e. The average Bonchev–Trinajstić information content (AvgIpc) is 2.92. The lowest BCUT2D eigenvalue weighted by atomic mass is 9.86. The van der Waals surface area contributed by atoms with E-state index in [1.165, 1.54) is 0 Å². The molecule has 0 saturated carbocycles. The Morgan fingerprint density at radius 2 is 2.13 bits per heavy atom. The normalized spacial score (nSPS) is 17.0. The summed E-state index contributed by atoms with van der Waals surface area (Å²) in [5, 5.41) is 11.0. The van der Waals surface area contributed by atoms with E-state index in [-0.39, 0.29) is 0 Å². The zero-order valence-corrected chi connectivity index (χ0v) is 14.1. The number of H-pyrrole nitrogens is 1. The van der Waals surface area contributed by atoms with Gasteiger partial charge in [-0.05, 0) is 52.0 Å². The van der Waals surface area contributed by atoms with E-state index in [0.717, 1.165) is 60.9 Å². The van der Waals surface area contributed by atoms with Crippen LogP contribution in [-0.2, 0) is 0 Å². The first-order valence-corrected chi connectivity index (χ1v) is 8.28. The van der Waals surface area contributed by atoms with Crippen LogP contribution in [0.2, 0.25) is 0 Å². The zero-order chi connectivity index (χ0) is 16.6. The number of anilines is 1. The van der Waals surface area contributed by atoms with Gasteiger partial charge in [-0.3, -0.25) is 9.78 Å². The summed E-state index contributed by atoms with van der Waals surface area (Å²) in [5.74, 6) is 0.564. The highest BCUT2D eigenvalue weighted by atomic mass is 16.3. The SMILES string of the molecule is Cc1ncc(N2CCC(CC(C)(C)O)CC2)c2[nH]c(C=O)cc12. The van der Waals surface area contributed by atoms with E-state index in [0.29, 0.717) is 11.6 Å². The Hall–Kier alpha value is -1.88. The predicted molar refractivity (Wildman–Crippen MR) is 92.1 cm³/mol. The van der Waals surface area contributed by atoms with E-state index >= 15 is 0 Å². The van der Waals surface area contributed by atoms with Crippen LogP contribution < -0.4 is 4.90 Å². The number of aliphatic hydroxyl groups is 1. The summed E-state index contributed by atoms with van der Waals surface area (Å²) in [6.45, 7) is 7.63. The quantitative estimate of drug-likeness (QED) is 0.851. The van der Waals surface area contributed by atoms with Crippen LogP contribution in [0.25, 0.3) is 10.9 Å². The molecular formula is C18H25N3O2. The van der Waals surface area contributed by atoms with Crippen LogP contribution in [0.5, 0.6) is 0 Å². The third-order valence-electron chi connectivity index (χ3n) is 4.74. The Labute approximate surface area is 136 Å². The fourth-order valence-corrected chi connectivity index (χ4v) is 3.64. The summed E-state index contributed by atoms with van der Waals surface area (Å²) in [6.07, 6.45) is 5.74. The summed E-state index contributed by atoms with van der Waals surface area (Å²) in [6, 6.07) is 1.87. The van der Waals surface area contributed by atoms with Crippen LogP contribution in [0.4, 0.5) is 5.69 Å². The minimum Gasteiger partial charge on any atom is -0.390 e. The van der Waals surface area contributed by atoms with Crippen molar-refractivity contribution < 1.29 is 9.90 Å². The molecule has 2 aromatic heterocycles. The van der Waals surface area contributed by atoms with Gasteiger partial charge >= 0.3 is 0 Å². The minimum absolute atomic E-state index is 0.564. The van der Waals surface area contributed by atoms with Crippen molar-refractivity contribution in [2.45, 2.75) is 45.6 Å². The molecule has 1 aliphatic rings. The molecule has 2 aromatic rings. The van der Waals surface area contributed by atoms with Gasteiger partial charge in [-0.15, -0.1) is 0 Å². The number of nitrogens with zero attached hydrogens (tertiary/aromatic N) is 2. The second-order valence-electron chi connectivity index (χ2n) is 7.31. The lowest BCUT2D eigenvalue weighted by Gasteiger charge is -2.35. The molecule has 0 spiro atoms. The van der Waals surface area contributed by atoms with Crippen molar-refractivity contribution >= 4 is 22.9 Å². The molecule has 5 nitrogen and oxygen atoms in total. The van der Waals surface area contributed by atoms with Gasteiger partial charge in [0.2, 0.25) is 0 Å². The molecule has 1 fully saturated rings. The van der Waals surface area contributed by atoms with Crippen molar-refractivity contribution in [1.29, 1.82) is 0 Å². The second-order valence-corrected chi connectivity index (χ2v) is 7.31. The molecule has 1 aliphatic heterocycles. The van der Waals surface area contributed by atoms with E-state index in [4.69, 9.17) is 0 Å². The Morgan fingerprint density at radius 3 is 2.74 bits per heavy atom. The second kappa shape index (κ2) is 5.96. The molecule has 2 N–H and O–H groups in total. The van der Waals surface area contributed by atoms with E-state index in [2.05, 4.69) is 14.9 Å². The van der Waals surface area contributed by atoms with Crippen molar-refractivity contribution in [2.24, 2.45) is 5.92 Å². The molecule has 0 aliphatic carbocycles. The van der Waals surface area contributed by atoms with Gasteiger partial charge in [-0.25, -0.2) is 0 Å². The Morgan fingerprint density at radius 1 is 1.43 bits per heavy atom. The topological polar surface area (TPSA) is 69.2 Å². The molecule has 0 bridgehead atoms. The lowest BCUT2D eigenvalue weighted by molar-refractivity contribution is 0.0482. The fourth-order valence-electron chi connectivity index (χ4n) is 3.64. The molecule has 3 rings (SSSR count). The number of aromatic amines is 1. The molecule has 5 heteroatoms. The molecule has 0 amide bonds. The van der Waals surface area contributed by atoms with Gasteiger partial charge in [0.25, 0.3) is 0 Å². The van der Waals surface area contributed by atoms with Crippen molar-refractivity contribution in [2.75, 3.05) is 18.0 Å². The summed E-state index contributed by atoms with van der Waals surface area (Å²) in [7, 11) is 0. The third-order valence-corrected chi connectivity index (χ3v) is 4.74. The number of nitrogens with one attached hydrogen (secondary N) is 1. The molecule has 0 aromatic carbocycles. The zero-order valence-electron chi connectivity index (χ0n) is 14.1. The highest BCUT2D eigenvalue weighted by Crippen LogP contribution is 2.32.